The van der Waals surface area contributed by atoms with Gasteiger partial charge in [0, 0.05) is 18.2 Å². The van der Waals surface area contributed by atoms with Gasteiger partial charge < -0.3 is 21.3 Å². The summed E-state index contributed by atoms with van der Waals surface area (Å²) in [5.41, 5.74) is 7.84. The van der Waals surface area contributed by atoms with E-state index in [1.54, 1.807) is 0 Å². The number of nitrogens with two attached hydrogens (primary N) is 1. The van der Waals surface area contributed by atoms with Crippen LogP contribution in [-0.2, 0) is 17.6 Å². The number of pyridine rings is 1. The van der Waals surface area contributed by atoms with Gasteiger partial charge in [-0.25, -0.2) is 9.97 Å². The number of nitrogens with one attached hydrogen (secondary N) is 3. The molecule has 5 N–H and O–H groups in total. The molecule has 0 saturated carbocycles. The predicted molar refractivity (Wildman–Crippen MR) is 118 cm³/mol. The normalized spacial score (nSPS) is 17.1. The fraction of sp³-hybridized carbons (Fsp3) is 0.333. The van der Waals surface area contributed by atoms with Crippen LogP contribution in [0.2, 0.25) is 0 Å². The Labute approximate surface area is 188 Å². The lowest BCUT2D eigenvalue weighted by Gasteiger charge is -2.25. The van der Waals surface area contributed by atoms with Crippen molar-refractivity contribution in [2.24, 2.45) is 5.73 Å². The van der Waals surface area contributed by atoms with Crippen LogP contribution in [0.3, 0.4) is 0 Å². The van der Waals surface area contributed by atoms with E-state index in [9.17, 15) is 14.0 Å². The van der Waals surface area contributed by atoms with E-state index in [0.717, 1.165) is 36.9 Å². The topological polar surface area (TPSA) is 155 Å². The molecule has 2 amide bonds. The van der Waals surface area contributed by atoms with E-state index in [2.05, 4.69) is 25.8 Å². The molecule has 11 nitrogen and oxygen atoms in total. The highest BCUT2D eigenvalue weighted by Gasteiger charge is 2.34. The van der Waals surface area contributed by atoms with Gasteiger partial charge in [-0.1, -0.05) is 0 Å². The molecular formula is C21H22FN9O2. The number of fused-ring (bicyclic) bond motifs is 1. The van der Waals surface area contributed by atoms with Crippen molar-refractivity contribution < 1.29 is 14.0 Å². The highest BCUT2D eigenvalue weighted by atomic mass is 19.1. The molecule has 12 heteroatoms. The van der Waals surface area contributed by atoms with Crippen LogP contribution >= 0.6 is 0 Å². The smallest absolute Gasteiger partial charge is 0.266 e. The lowest BCUT2D eigenvalue weighted by atomic mass is 10.2. The first-order valence-corrected chi connectivity index (χ1v) is 10.7. The predicted octanol–water partition coefficient (Wildman–Crippen LogP) is 1.67. The molecule has 1 saturated heterocycles. The number of amides is 2. The molecule has 0 spiro atoms. The Hall–Kier alpha value is -4.09. The molecule has 3 aromatic rings. The molecule has 0 aromatic carbocycles. The van der Waals surface area contributed by atoms with Crippen molar-refractivity contribution >= 4 is 35.1 Å². The van der Waals surface area contributed by atoms with Crippen LogP contribution in [-0.4, -0.2) is 49.6 Å². The molecular weight excluding hydrogens is 429 g/mol. The minimum Gasteiger partial charge on any atom is -0.364 e. The average Bonchev–Trinajstić information content (AvgIpc) is 3.55. The number of aryl methyl sites for hydroxylation is 1. The average molecular weight is 451 g/mol. The number of H-pyrrole nitrogens is 1. The van der Waals surface area contributed by atoms with Crippen molar-refractivity contribution in [3.63, 3.8) is 0 Å². The second kappa shape index (κ2) is 8.45. The van der Waals surface area contributed by atoms with Crippen LogP contribution in [0.1, 0.15) is 41.0 Å². The summed E-state index contributed by atoms with van der Waals surface area (Å²) in [6, 6.07) is 3.73. The number of anilines is 4. The Morgan fingerprint density at radius 3 is 2.85 bits per heavy atom. The van der Waals surface area contributed by atoms with E-state index in [1.807, 2.05) is 4.90 Å². The molecule has 3 aromatic heterocycles. The fourth-order valence-electron chi connectivity index (χ4n) is 4.24. The van der Waals surface area contributed by atoms with Gasteiger partial charge in [-0.3, -0.25) is 14.7 Å². The number of rotatable bonds is 6. The number of hydrogen-bond donors (Lipinski definition) is 4. The van der Waals surface area contributed by atoms with Gasteiger partial charge in [-0.15, -0.1) is 0 Å². The van der Waals surface area contributed by atoms with Crippen molar-refractivity contribution in [2.45, 2.75) is 38.1 Å². The third-order valence-corrected chi connectivity index (χ3v) is 5.82. The quantitative estimate of drug-likeness (QED) is 0.413. The Kier molecular flexibility index (Phi) is 5.32. The molecule has 170 valence electrons. The van der Waals surface area contributed by atoms with Crippen molar-refractivity contribution in [1.82, 2.24) is 25.1 Å². The first-order valence-electron chi connectivity index (χ1n) is 10.7. The van der Waals surface area contributed by atoms with Gasteiger partial charge in [0.25, 0.3) is 5.91 Å². The van der Waals surface area contributed by atoms with Crippen LogP contribution in [0.25, 0.3) is 0 Å². The molecule has 5 rings (SSSR count). The van der Waals surface area contributed by atoms with Crippen LogP contribution in [0.15, 0.2) is 24.4 Å². The zero-order chi connectivity index (χ0) is 22.9. The molecule has 1 fully saturated rings. The molecule has 1 aliphatic carbocycles. The molecule has 0 radical (unpaired) electrons. The number of halogens is 1. The number of nitrogens with zero attached hydrogens (tertiary/aromatic N) is 5. The highest BCUT2D eigenvalue weighted by Crippen LogP contribution is 2.32. The van der Waals surface area contributed by atoms with Gasteiger partial charge in [0.1, 0.15) is 17.6 Å². The summed E-state index contributed by atoms with van der Waals surface area (Å²) < 4.78 is 13.1. The number of aromatic amines is 1. The van der Waals surface area contributed by atoms with Gasteiger partial charge in [0.2, 0.25) is 17.8 Å². The summed E-state index contributed by atoms with van der Waals surface area (Å²) in [6.45, 7) is 0.631. The van der Waals surface area contributed by atoms with Crippen molar-refractivity contribution in [3.05, 3.63) is 47.3 Å². The summed E-state index contributed by atoms with van der Waals surface area (Å²) in [6.07, 6.45) is 5.34. The maximum atomic E-state index is 13.1. The van der Waals surface area contributed by atoms with E-state index in [0.29, 0.717) is 36.2 Å². The van der Waals surface area contributed by atoms with Gasteiger partial charge in [0.15, 0.2) is 5.82 Å². The van der Waals surface area contributed by atoms with Crippen molar-refractivity contribution in [2.75, 3.05) is 22.1 Å². The summed E-state index contributed by atoms with van der Waals surface area (Å²) in [5.74, 6) is 0.0378. The summed E-state index contributed by atoms with van der Waals surface area (Å²) in [5, 5.41) is 12.6. The first kappa shape index (κ1) is 20.8. The Morgan fingerprint density at radius 1 is 1.21 bits per heavy atom. The molecule has 33 heavy (non-hydrogen) atoms. The van der Waals surface area contributed by atoms with Crippen LogP contribution in [0, 0.1) is 5.95 Å². The number of primary amides is 1. The lowest BCUT2D eigenvalue weighted by Crippen LogP contribution is -2.40. The van der Waals surface area contributed by atoms with E-state index in [1.165, 1.54) is 24.4 Å². The SMILES string of the molecule is NC(=O)c1cc(Nc2nc(N3CCC[C@@H]3C(=O)Nc3ccc(F)nc3)nc3c2CCC3)n[nH]1. The van der Waals surface area contributed by atoms with Gasteiger partial charge in [-0.05, 0) is 44.2 Å². The van der Waals surface area contributed by atoms with Gasteiger partial charge in [0.05, 0.1) is 17.6 Å². The number of carbonyl (C=O) groups excluding carboxylic acids is 2. The monoisotopic (exact) mass is 451 g/mol. The maximum absolute atomic E-state index is 13.1. The zero-order valence-corrected chi connectivity index (χ0v) is 17.6. The third-order valence-electron chi connectivity index (χ3n) is 5.82. The number of aromatic nitrogens is 5. The summed E-state index contributed by atoms with van der Waals surface area (Å²) in [7, 11) is 0. The number of hydrogen-bond acceptors (Lipinski definition) is 8. The Bertz CT molecular complexity index is 1210. The highest BCUT2D eigenvalue weighted by molar-refractivity contribution is 5.97. The molecule has 4 heterocycles. The second-order valence-corrected chi connectivity index (χ2v) is 8.02. The minimum absolute atomic E-state index is 0.190. The lowest BCUT2D eigenvalue weighted by molar-refractivity contribution is -0.117. The van der Waals surface area contributed by atoms with Crippen LogP contribution in [0.5, 0.6) is 0 Å². The van der Waals surface area contributed by atoms with E-state index in [-0.39, 0.29) is 11.6 Å². The fourth-order valence-corrected chi connectivity index (χ4v) is 4.24. The van der Waals surface area contributed by atoms with Crippen LogP contribution < -0.4 is 21.3 Å². The maximum Gasteiger partial charge on any atom is 0.266 e. The summed E-state index contributed by atoms with van der Waals surface area (Å²) >= 11 is 0. The second-order valence-electron chi connectivity index (χ2n) is 8.02. The van der Waals surface area contributed by atoms with E-state index >= 15 is 0 Å². The molecule has 1 atom stereocenters. The molecule has 2 aliphatic rings. The van der Waals surface area contributed by atoms with Crippen molar-refractivity contribution in [1.29, 1.82) is 0 Å². The number of carbonyl (C=O) groups is 2. The Balaban J connectivity index is 1.40. The zero-order valence-electron chi connectivity index (χ0n) is 17.6. The standard InChI is InChI=1S/C21H22FN9O2/c22-16-7-6-11(10-24-16)25-20(33)15-5-2-8-31(15)21-26-13-4-1-3-12(13)19(28-21)27-17-9-14(18(23)32)29-30-17/h6-7,9-10,15H,1-5,8H2,(H2,23,32)(H,25,33)(H2,26,27,28,29,30)/t15-/m1/s1. The minimum atomic E-state index is -0.609. The largest absolute Gasteiger partial charge is 0.364 e. The van der Waals surface area contributed by atoms with E-state index < -0.39 is 17.9 Å². The first-order chi connectivity index (χ1) is 16.0. The Morgan fingerprint density at radius 2 is 2.09 bits per heavy atom. The molecule has 0 unspecified atom stereocenters. The van der Waals surface area contributed by atoms with Crippen LogP contribution in [0.4, 0.5) is 27.7 Å². The third kappa shape index (κ3) is 4.19. The summed E-state index contributed by atoms with van der Waals surface area (Å²) in [4.78, 5) is 39.2. The van der Waals surface area contributed by atoms with Gasteiger partial charge in [-0.2, -0.15) is 14.5 Å². The van der Waals surface area contributed by atoms with Crippen molar-refractivity contribution in [3.8, 4) is 0 Å². The molecule has 0 bridgehead atoms. The molecule has 1 aliphatic heterocycles. The van der Waals surface area contributed by atoms with Gasteiger partial charge >= 0.3 is 0 Å². The van der Waals surface area contributed by atoms with E-state index in [4.69, 9.17) is 15.7 Å².